The molecular weight excluding hydrogens is 294 g/mol. The van der Waals surface area contributed by atoms with Crippen LogP contribution in [0.15, 0.2) is 0 Å². The molecule has 5 nitrogen and oxygen atoms in total. The van der Waals surface area contributed by atoms with E-state index in [1.54, 1.807) is 0 Å². The summed E-state index contributed by atoms with van der Waals surface area (Å²) in [7, 11) is 1.42. The third-order valence-corrected chi connectivity index (χ3v) is 5.46. The van der Waals surface area contributed by atoms with Crippen molar-refractivity contribution < 1.29 is 19.1 Å². The smallest absolute Gasteiger partial charge is 0.308 e. The molecule has 2 rings (SSSR count). The number of carbonyl (C=O) groups excluding carboxylic acids is 2. The summed E-state index contributed by atoms with van der Waals surface area (Å²) in [5.41, 5.74) is 0.0610. The first-order chi connectivity index (χ1) is 10.6. The van der Waals surface area contributed by atoms with Gasteiger partial charge in [0, 0.05) is 17.0 Å². The SMILES string of the molecule is COC(=O)C1CCC(C(=O)OCC2CC(C)(C)NC2(C)C)CC1. The molecule has 0 aromatic carbocycles. The highest BCUT2D eigenvalue weighted by molar-refractivity contribution is 5.75. The van der Waals surface area contributed by atoms with Crippen LogP contribution in [0.5, 0.6) is 0 Å². The number of ether oxygens (including phenoxy) is 2. The lowest BCUT2D eigenvalue weighted by atomic mass is 9.82. The van der Waals surface area contributed by atoms with Crippen molar-refractivity contribution in [2.45, 2.75) is 70.9 Å². The van der Waals surface area contributed by atoms with Crippen molar-refractivity contribution in [1.82, 2.24) is 5.32 Å². The zero-order chi connectivity index (χ0) is 17.3. The van der Waals surface area contributed by atoms with E-state index in [-0.39, 0.29) is 34.9 Å². The van der Waals surface area contributed by atoms with Crippen LogP contribution >= 0.6 is 0 Å². The number of carbonyl (C=O) groups is 2. The molecule has 132 valence electrons. The topological polar surface area (TPSA) is 64.6 Å². The number of esters is 2. The minimum atomic E-state index is -0.155. The van der Waals surface area contributed by atoms with Crippen molar-refractivity contribution in [3.8, 4) is 0 Å². The van der Waals surface area contributed by atoms with Gasteiger partial charge in [-0.1, -0.05) is 0 Å². The molecular formula is C18H31NO4. The fraction of sp³-hybridized carbons (Fsp3) is 0.889. The molecule has 1 saturated heterocycles. The first kappa shape index (κ1) is 18.2. The second-order valence-corrected chi connectivity index (χ2v) is 8.33. The van der Waals surface area contributed by atoms with Crippen molar-refractivity contribution in [2.75, 3.05) is 13.7 Å². The van der Waals surface area contributed by atoms with Crippen LogP contribution in [0.3, 0.4) is 0 Å². The van der Waals surface area contributed by atoms with Gasteiger partial charge in [-0.25, -0.2) is 0 Å². The number of nitrogens with one attached hydrogen (secondary N) is 1. The Balaban J connectivity index is 1.79. The molecule has 2 fully saturated rings. The Hall–Kier alpha value is -1.10. The van der Waals surface area contributed by atoms with Crippen LogP contribution in [-0.2, 0) is 19.1 Å². The first-order valence-electron chi connectivity index (χ1n) is 8.68. The normalized spacial score (nSPS) is 32.3. The lowest BCUT2D eigenvalue weighted by Gasteiger charge is -2.29. The predicted octanol–water partition coefficient (Wildman–Crippen LogP) is 2.68. The maximum atomic E-state index is 12.3. The van der Waals surface area contributed by atoms with Crippen molar-refractivity contribution >= 4 is 11.9 Å². The van der Waals surface area contributed by atoms with Gasteiger partial charge in [0.25, 0.3) is 0 Å². The fourth-order valence-electron chi connectivity index (χ4n) is 4.20. The van der Waals surface area contributed by atoms with Crippen molar-refractivity contribution in [2.24, 2.45) is 17.8 Å². The fourth-order valence-corrected chi connectivity index (χ4v) is 4.20. The lowest BCUT2D eigenvalue weighted by molar-refractivity contribution is -0.155. The van der Waals surface area contributed by atoms with Gasteiger partial charge in [-0.15, -0.1) is 0 Å². The van der Waals surface area contributed by atoms with Crippen molar-refractivity contribution in [3.63, 3.8) is 0 Å². The molecule has 0 amide bonds. The largest absolute Gasteiger partial charge is 0.469 e. The molecule has 0 aromatic heterocycles. The van der Waals surface area contributed by atoms with Gasteiger partial charge in [-0.05, 0) is 59.8 Å². The van der Waals surface area contributed by atoms with Crippen LogP contribution in [0, 0.1) is 17.8 Å². The van der Waals surface area contributed by atoms with Crippen LogP contribution in [0.1, 0.15) is 59.8 Å². The maximum Gasteiger partial charge on any atom is 0.308 e. The number of rotatable bonds is 4. The number of hydrogen-bond donors (Lipinski definition) is 1. The number of methoxy groups -OCH3 is 1. The Morgan fingerprint density at radius 2 is 1.52 bits per heavy atom. The maximum absolute atomic E-state index is 12.3. The average molecular weight is 325 g/mol. The average Bonchev–Trinajstić information content (AvgIpc) is 2.71. The van der Waals surface area contributed by atoms with Gasteiger partial charge >= 0.3 is 11.9 Å². The molecule has 0 aromatic rings. The summed E-state index contributed by atoms with van der Waals surface area (Å²) in [5.74, 6) is -0.0521. The zero-order valence-corrected chi connectivity index (χ0v) is 15.1. The van der Waals surface area contributed by atoms with E-state index < -0.39 is 0 Å². The molecule has 23 heavy (non-hydrogen) atoms. The molecule has 5 heteroatoms. The van der Waals surface area contributed by atoms with Crippen LogP contribution in [-0.4, -0.2) is 36.7 Å². The second kappa shape index (κ2) is 6.80. The van der Waals surface area contributed by atoms with Gasteiger partial charge in [0.15, 0.2) is 0 Å². The van der Waals surface area contributed by atoms with E-state index in [0.717, 1.165) is 32.1 Å². The third-order valence-electron chi connectivity index (χ3n) is 5.46. The standard InChI is InChI=1S/C18H31NO4/c1-17(2)10-14(18(3,4)19-17)11-23-16(21)13-8-6-12(7-9-13)15(20)22-5/h12-14,19H,6-11H2,1-5H3. The Morgan fingerprint density at radius 1 is 1.00 bits per heavy atom. The number of hydrogen-bond acceptors (Lipinski definition) is 5. The van der Waals surface area contributed by atoms with E-state index in [2.05, 4.69) is 33.0 Å². The van der Waals surface area contributed by atoms with Gasteiger partial charge in [-0.3, -0.25) is 9.59 Å². The molecule has 2 aliphatic rings. The Labute approximate surface area is 139 Å². The Morgan fingerprint density at radius 3 is 1.96 bits per heavy atom. The minimum Gasteiger partial charge on any atom is -0.469 e. The molecule has 0 spiro atoms. The lowest BCUT2D eigenvalue weighted by Crippen LogP contribution is -2.46. The van der Waals surface area contributed by atoms with E-state index in [4.69, 9.17) is 9.47 Å². The summed E-state index contributed by atoms with van der Waals surface area (Å²) in [6.45, 7) is 9.18. The van der Waals surface area contributed by atoms with Gasteiger partial charge in [0.05, 0.1) is 25.6 Å². The summed E-state index contributed by atoms with van der Waals surface area (Å²) in [5, 5.41) is 3.60. The van der Waals surface area contributed by atoms with Crippen LogP contribution in [0.25, 0.3) is 0 Å². The summed E-state index contributed by atoms with van der Waals surface area (Å²) in [6.07, 6.45) is 3.88. The van der Waals surface area contributed by atoms with E-state index in [1.165, 1.54) is 7.11 Å². The molecule has 1 aliphatic carbocycles. The van der Waals surface area contributed by atoms with Crippen LogP contribution in [0.4, 0.5) is 0 Å². The highest BCUT2D eigenvalue weighted by atomic mass is 16.5. The predicted molar refractivity (Wildman–Crippen MR) is 87.8 cm³/mol. The van der Waals surface area contributed by atoms with Crippen LogP contribution < -0.4 is 5.32 Å². The molecule has 1 N–H and O–H groups in total. The Bertz CT molecular complexity index is 450. The van der Waals surface area contributed by atoms with Gasteiger partial charge in [0.2, 0.25) is 0 Å². The van der Waals surface area contributed by atoms with Crippen molar-refractivity contribution in [1.29, 1.82) is 0 Å². The minimum absolute atomic E-state index is 0.0215. The highest BCUT2D eigenvalue weighted by Crippen LogP contribution is 2.36. The van der Waals surface area contributed by atoms with E-state index in [0.29, 0.717) is 12.5 Å². The van der Waals surface area contributed by atoms with E-state index in [1.807, 2.05) is 0 Å². The molecule has 1 saturated carbocycles. The zero-order valence-electron chi connectivity index (χ0n) is 15.1. The molecule has 0 bridgehead atoms. The molecule has 1 unspecified atom stereocenters. The second-order valence-electron chi connectivity index (χ2n) is 8.33. The molecule has 1 atom stereocenters. The third kappa shape index (κ3) is 4.46. The van der Waals surface area contributed by atoms with Crippen LogP contribution in [0.2, 0.25) is 0 Å². The Kier molecular flexibility index (Phi) is 5.39. The highest BCUT2D eigenvalue weighted by Gasteiger charge is 2.44. The summed E-state index contributed by atoms with van der Waals surface area (Å²) < 4.78 is 10.4. The molecule has 0 radical (unpaired) electrons. The monoisotopic (exact) mass is 325 g/mol. The first-order valence-corrected chi connectivity index (χ1v) is 8.68. The molecule has 1 heterocycles. The summed E-state index contributed by atoms with van der Waals surface area (Å²) in [4.78, 5) is 23.8. The summed E-state index contributed by atoms with van der Waals surface area (Å²) in [6, 6.07) is 0. The van der Waals surface area contributed by atoms with Crippen molar-refractivity contribution in [3.05, 3.63) is 0 Å². The van der Waals surface area contributed by atoms with E-state index in [9.17, 15) is 9.59 Å². The van der Waals surface area contributed by atoms with Gasteiger partial charge in [-0.2, -0.15) is 0 Å². The van der Waals surface area contributed by atoms with E-state index >= 15 is 0 Å². The van der Waals surface area contributed by atoms with Gasteiger partial charge < -0.3 is 14.8 Å². The quantitative estimate of drug-likeness (QED) is 0.805. The van der Waals surface area contributed by atoms with Gasteiger partial charge in [0.1, 0.15) is 0 Å². The summed E-state index contributed by atoms with van der Waals surface area (Å²) >= 11 is 0. The molecule has 1 aliphatic heterocycles.